The molecule has 0 aromatic rings. The van der Waals surface area contributed by atoms with Gasteiger partial charge in [0.1, 0.15) is 0 Å². The standard InChI is InChI=1S/C13H26N2O3/c1-4-18-13(10-14)5-7-15(8-6-13)12(16)17-9-11(2)3/h11H,4-10,14H2,1-3H3. The summed E-state index contributed by atoms with van der Waals surface area (Å²) in [5.41, 5.74) is 5.54. The third-order valence-corrected chi connectivity index (χ3v) is 3.30. The van der Waals surface area contributed by atoms with Crippen molar-refractivity contribution in [3.8, 4) is 0 Å². The van der Waals surface area contributed by atoms with E-state index in [9.17, 15) is 4.79 Å². The number of amides is 1. The van der Waals surface area contributed by atoms with Crippen LogP contribution in [0.25, 0.3) is 0 Å². The number of ether oxygens (including phenoxy) is 2. The van der Waals surface area contributed by atoms with Gasteiger partial charge in [0.2, 0.25) is 0 Å². The summed E-state index contributed by atoms with van der Waals surface area (Å²) in [4.78, 5) is 13.5. The van der Waals surface area contributed by atoms with Gasteiger partial charge in [0.25, 0.3) is 0 Å². The molecule has 0 radical (unpaired) electrons. The average molecular weight is 258 g/mol. The van der Waals surface area contributed by atoms with Crippen LogP contribution in [0.2, 0.25) is 0 Å². The van der Waals surface area contributed by atoms with Crippen LogP contribution in [0.15, 0.2) is 0 Å². The highest BCUT2D eigenvalue weighted by molar-refractivity contribution is 5.67. The van der Waals surface area contributed by atoms with E-state index in [0.29, 0.717) is 38.8 Å². The molecule has 0 saturated carbocycles. The van der Waals surface area contributed by atoms with E-state index in [-0.39, 0.29) is 11.7 Å². The molecule has 1 amide bonds. The number of likely N-dealkylation sites (tertiary alicyclic amines) is 1. The second-order valence-corrected chi connectivity index (χ2v) is 5.28. The van der Waals surface area contributed by atoms with Gasteiger partial charge in [-0.05, 0) is 25.7 Å². The molecule has 5 nitrogen and oxygen atoms in total. The minimum Gasteiger partial charge on any atom is -0.449 e. The molecule has 0 aromatic carbocycles. The van der Waals surface area contributed by atoms with Crippen molar-refractivity contribution in [1.29, 1.82) is 0 Å². The molecule has 1 rings (SSSR count). The van der Waals surface area contributed by atoms with E-state index in [1.165, 1.54) is 0 Å². The molecule has 1 aliphatic rings. The number of rotatable bonds is 5. The number of carbonyl (C=O) groups excluding carboxylic acids is 1. The number of carbonyl (C=O) groups is 1. The molecule has 0 bridgehead atoms. The maximum atomic E-state index is 11.8. The van der Waals surface area contributed by atoms with Crippen LogP contribution in [0.4, 0.5) is 4.79 Å². The lowest BCUT2D eigenvalue weighted by molar-refractivity contribution is -0.0703. The van der Waals surface area contributed by atoms with Gasteiger partial charge in [-0.25, -0.2) is 4.79 Å². The van der Waals surface area contributed by atoms with Crippen LogP contribution >= 0.6 is 0 Å². The van der Waals surface area contributed by atoms with Gasteiger partial charge in [-0.2, -0.15) is 0 Å². The van der Waals surface area contributed by atoms with Gasteiger partial charge in [0.05, 0.1) is 12.2 Å². The van der Waals surface area contributed by atoms with E-state index in [1.807, 2.05) is 20.8 Å². The molecule has 1 fully saturated rings. The zero-order valence-corrected chi connectivity index (χ0v) is 11.8. The van der Waals surface area contributed by atoms with Gasteiger partial charge >= 0.3 is 6.09 Å². The first-order chi connectivity index (χ1) is 8.53. The number of piperidine rings is 1. The van der Waals surface area contributed by atoms with Crippen molar-refractivity contribution in [1.82, 2.24) is 4.90 Å². The van der Waals surface area contributed by atoms with E-state index in [4.69, 9.17) is 15.2 Å². The molecule has 106 valence electrons. The van der Waals surface area contributed by atoms with Gasteiger partial charge in [-0.15, -0.1) is 0 Å². The van der Waals surface area contributed by atoms with E-state index < -0.39 is 0 Å². The number of hydrogen-bond acceptors (Lipinski definition) is 4. The normalized spacial score (nSPS) is 19.1. The maximum Gasteiger partial charge on any atom is 0.409 e. The van der Waals surface area contributed by atoms with Gasteiger partial charge in [0.15, 0.2) is 0 Å². The van der Waals surface area contributed by atoms with Crippen molar-refractivity contribution in [3.05, 3.63) is 0 Å². The zero-order chi connectivity index (χ0) is 13.6. The van der Waals surface area contributed by atoms with Crippen molar-refractivity contribution in [2.75, 3.05) is 32.8 Å². The van der Waals surface area contributed by atoms with Crippen molar-refractivity contribution in [2.24, 2.45) is 11.7 Å². The number of hydrogen-bond donors (Lipinski definition) is 1. The number of nitrogens with two attached hydrogens (primary N) is 1. The summed E-state index contributed by atoms with van der Waals surface area (Å²) >= 11 is 0. The molecule has 5 heteroatoms. The SMILES string of the molecule is CCOC1(CN)CCN(C(=O)OCC(C)C)CC1. The lowest BCUT2D eigenvalue weighted by Gasteiger charge is -2.40. The molecule has 18 heavy (non-hydrogen) atoms. The maximum absolute atomic E-state index is 11.8. The highest BCUT2D eigenvalue weighted by atomic mass is 16.6. The van der Waals surface area contributed by atoms with Crippen LogP contribution in [0.1, 0.15) is 33.6 Å². The summed E-state index contributed by atoms with van der Waals surface area (Å²) in [6.07, 6.45) is 1.35. The highest BCUT2D eigenvalue weighted by Gasteiger charge is 2.35. The third-order valence-electron chi connectivity index (χ3n) is 3.30. The van der Waals surface area contributed by atoms with Crippen LogP contribution in [-0.2, 0) is 9.47 Å². The minimum atomic E-state index is -0.246. The lowest BCUT2D eigenvalue weighted by atomic mass is 9.91. The van der Waals surface area contributed by atoms with E-state index in [1.54, 1.807) is 4.90 Å². The summed E-state index contributed by atoms with van der Waals surface area (Å²) in [5.74, 6) is 0.366. The molecule has 1 heterocycles. The zero-order valence-electron chi connectivity index (χ0n) is 11.8. The number of nitrogens with zero attached hydrogens (tertiary/aromatic N) is 1. The van der Waals surface area contributed by atoms with Crippen LogP contribution in [0.5, 0.6) is 0 Å². The molecule has 2 N–H and O–H groups in total. The molecular formula is C13H26N2O3. The third kappa shape index (κ3) is 4.14. The molecule has 1 aliphatic heterocycles. The Balaban J connectivity index is 2.40. The van der Waals surface area contributed by atoms with E-state index >= 15 is 0 Å². The molecule has 0 spiro atoms. The van der Waals surface area contributed by atoms with Crippen molar-refractivity contribution in [3.63, 3.8) is 0 Å². The highest BCUT2D eigenvalue weighted by Crippen LogP contribution is 2.25. The van der Waals surface area contributed by atoms with Crippen molar-refractivity contribution >= 4 is 6.09 Å². The summed E-state index contributed by atoms with van der Waals surface area (Å²) in [6, 6.07) is 0. The first-order valence-electron chi connectivity index (χ1n) is 6.78. The second kappa shape index (κ2) is 6.95. The first-order valence-corrected chi connectivity index (χ1v) is 6.78. The van der Waals surface area contributed by atoms with Crippen LogP contribution in [0, 0.1) is 5.92 Å². The summed E-state index contributed by atoms with van der Waals surface area (Å²) in [5, 5.41) is 0. The molecule has 0 atom stereocenters. The Kier molecular flexibility index (Phi) is 5.88. The Bertz CT molecular complexity index is 261. The first kappa shape index (κ1) is 15.2. The molecular weight excluding hydrogens is 232 g/mol. The second-order valence-electron chi connectivity index (χ2n) is 5.28. The molecule has 0 unspecified atom stereocenters. The van der Waals surface area contributed by atoms with Gasteiger partial charge in [0, 0.05) is 26.2 Å². The topological polar surface area (TPSA) is 64.8 Å². The van der Waals surface area contributed by atoms with Crippen molar-refractivity contribution in [2.45, 2.75) is 39.2 Å². The van der Waals surface area contributed by atoms with Gasteiger partial charge < -0.3 is 20.1 Å². The fourth-order valence-corrected chi connectivity index (χ4v) is 2.14. The molecule has 0 aromatic heterocycles. The summed E-state index contributed by atoms with van der Waals surface area (Å²) in [6.45, 7) is 8.99. The van der Waals surface area contributed by atoms with Crippen molar-refractivity contribution < 1.29 is 14.3 Å². The Morgan fingerprint density at radius 1 is 1.39 bits per heavy atom. The van der Waals surface area contributed by atoms with Gasteiger partial charge in [-0.3, -0.25) is 0 Å². The monoisotopic (exact) mass is 258 g/mol. The predicted octanol–water partition coefficient (Wildman–Crippen LogP) is 1.61. The van der Waals surface area contributed by atoms with Crippen LogP contribution in [-0.4, -0.2) is 49.4 Å². The average Bonchev–Trinajstić information content (AvgIpc) is 2.37. The Hall–Kier alpha value is -0.810. The molecule has 0 aliphatic carbocycles. The fraction of sp³-hybridized carbons (Fsp3) is 0.923. The van der Waals surface area contributed by atoms with Crippen LogP contribution in [0.3, 0.4) is 0 Å². The van der Waals surface area contributed by atoms with E-state index in [2.05, 4.69) is 0 Å². The van der Waals surface area contributed by atoms with Gasteiger partial charge in [-0.1, -0.05) is 13.8 Å². The van der Waals surface area contributed by atoms with Crippen LogP contribution < -0.4 is 5.73 Å². The summed E-state index contributed by atoms with van der Waals surface area (Å²) < 4.78 is 11.0. The summed E-state index contributed by atoms with van der Waals surface area (Å²) in [7, 11) is 0. The Morgan fingerprint density at radius 2 is 2.00 bits per heavy atom. The Morgan fingerprint density at radius 3 is 2.44 bits per heavy atom. The largest absolute Gasteiger partial charge is 0.449 e. The Labute approximate surface area is 110 Å². The quantitative estimate of drug-likeness (QED) is 0.813. The molecule has 1 saturated heterocycles. The smallest absolute Gasteiger partial charge is 0.409 e. The fourth-order valence-electron chi connectivity index (χ4n) is 2.14. The van der Waals surface area contributed by atoms with E-state index in [0.717, 1.165) is 12.8 Å². The lowest BCUT2D eigenvalue weighted by Crippen LogP contribution is -2.52. The predicted molar refractivity (Wildman–Crippen MR) is 70.4 cm³/mol. The minimum absolute atomic E-state index is 0.217.